The molecule has 1 amide bonds. The largest absolute Gasteiger partial charge is 0.506 e. The van der Waals surface area contributed by atoms with Gasteiger partial charge in [-0.05, 0) is 78.4 Å². The standard InChI is InChI=1S/C23H26Br2FN3O2/c1-5-6-29-20-10-19(26)14(7-16(20)13(2)11-23(29,3)4)12-27-28-22(31)17-8-15(24)9-18(25)21(17)30/h7-10,12-13,30H,5-6,11H2,1-4H3,(H,28,31)/b27-12-. The first kappa shape index (κ1) is 23.7. The van der Waals surface area contributed by atoms with E-state index in [1.165, 1.54) is 12.3 Å². The minimum absolute atomic E-state index is 0.0430. The minimum Gasteiger partial charge on any atom is -0.506 e. The molecule has 2 N–H and O–H groups in total. The molecule has 2 aromatic rings. The number of aromatic hydroxyl groups is 1. The summed E-state index contributed by atoms with van der Waals surface area (Å²) in [5.74, 6) is -0.908. The van der Waals surface area contributed by atoms with Crippen molar-refractivity contribution in [2.45, 2.75) is 52.0 Å². The van der Waals surface area contributed by atoms with Crippen LogP contribution in [0.15, 0.2) is 38.3 Å². The molecule has 8 heteroatoms. The third kappa shape index (κ3) is 4.95. The molecule has 1 aliphatic heterocycles. The van der Waals surface area contributed by atoms with E-state index in [4.69, 9.17) is 0 Å². The SMILES string of the molecule is CCCN1c2cc(F)c(/C=N\NC(=O)c3cc(Br)cc(Br)c3O)cc2C(C)CC1(C)C. The smallest absolute Gasteiger partial charge is 0.275 e. The van der Waals surface area contributed by atoms with Gasteiger partial charge in [0, 0.05) is 27.8 Å². The van der Waals surface area contributed by atoms with Gasteiger partial charge in [-0.25, -0.2) is 9.82 Å². The van der Waals surface area contributed by atoms with Crippen LogP contribution in [0, 0.1) is 5.82 Å². The number of nitrogens with zero attached hydrogens (tertiary/aromatic N) is 2. The molecule has 1 atom stereocenters. The molecule has 0 radical (unpaired) electrons. The second-order valence-corrected chi connectivity index (χ2v) is 10.3. The zero-order chi connectivity index (χ0) is 22.9. The van der Waals surface area contributed by atoms with Gasteiger partial charge in [0.25, 0.3) is 5.91 Å². The Morgan fingerprint density at radius 1 is 1.35 bits per heavy atom. The average molecular weight is 555 g/mol. The molecule has 31 heavy (non-hydrogen) atoms. The third-order valence-electron chi connectivity index (χ3n) is 5.59. The first-order valence-corrected chi connectivity index (χ1v) is 11.8. The Hall–Kier alpha value is -1.93. The first-order chi connectivity index (χ1) is 14.5. The Balaban J connectivity index is 1.86. The highest BCUT2D eigenvalue weighted by atomic mass is 79.9. The number of phenols is 1. The second-order valence-electron chi connectivity index (χ2n) is 8.48. The van der Waals surface area contributed by atoms with E-state index in [0.29, 0.717) is 14.5 Å². The summed E-state index contributed by atoms with van der Waals surface area (Å²) in [7, 11) is 0. The highest BCUT2D eigenvalue weighted by Gasteiger charge is 2.36. The Bertz CT molecular complexity index is 1040. The van der Waals surface area contributed by atoms with Gasteiger partial charge in [0.05, 0.1) is 16.3 Å². The Kier molecular flexibility index (Phi) is 7.11. The Labute approximate surface area is 199 Å². The van der Waals surface area contributed by atoms with Crippen LogP contribution in [-0.2, 0) is 0 Å². The molecule has 0 spiro atoms. The van der Waals surface area contributed by atoms with E-state index in [1.807, 2.05) is 6.07 Å². The van der Waals surface area contributed by atoms with Gasteiger partial charge in [0.15, 0.2) is 0 Å². The minimum atomic E-state index is -0.599. The van der Waals surface area contributed by atoms with Crippen molar-refractivity contribution >= 4 is 49.7 Å². The van der Waals surface area contributed by atoms with Crippen LogP contribution in [0.4, 0.5) is 10.1 Å². The highest BCUT2D eigenvalue weighted by Crippen LogP contribution is 2.44. The van der Waals surface area contributed by atoms with Crippen molar-refractivity contribution in [1.82, 2.24) is 5.43 Å². The topological polar surface area (TPSA) is 64.9 Å². The first-order valence-electron chi connectivity index (χ1n) is 10.2. The van der Waals surface area contributed by atoms with Crippen molar-refractivity contribution < 1.29 is 14.3 Å². The van der Waals surface area contributed by atoms with E-state index in [0.717, 1.165) is 30.6 Å². The zero-order valence-electron chi connectivity index (χ0n) is 18.0. The maximum Gasteiger partial charge on any atom is 0.275 e. The molecule has 1 aliphatic rings. The normalized spacial score (nSPS) is 17.6. The van der Waals surface area contributed by atoms with Crippen molar-refractivity contribution in [3.8, 4) is 5.75 Å². The van der Waals surface area contributed by atoms with Crippen molar-refractivity contribution in [3.05, 3.63) is 55.7 Å². The van der Waals surface area contributed by atoms with Gasteiger partial charge in [-0.1, -0.05) is 29.8 Å². The number of fused-ring (bicyclic) bond motifs is 1. The van der Waals surface area contributed by atoms with Gasteiger partial charge in [-0.3, -0.25) is 4.79 Å². The van der Waals surface area contributed by atoms with Gasteiger partial charge in [-0.2, -0.15) is 5.10 Å². The fourth-order valence-electron chi connectivity index (χ4n) is 4.23. The van der Waals surface area contributed by atoms with E-state index < -0.39 is 11.7 Å². The van der Waals surface area contributed by atoms with Crippen LogP contribution in [0.1, 0.15) is 67.9 Å². The van der Waals surface area contributed by atoms with E-state index >= 15 is 0 Å². The number of anilines is 1. The molecule has 1 heterocycles. The van der Waals surface area contributed by atoms with E-state index in [-0.39, 0.29) is 22.8 Å². The predicted octanol–water partition coefficient (Wildman–Crippen LogP) is 6.32. The summed E-state index contributed by atoms with van der Waals surface area (Å²) < 4.78 is 15.9. The third-order valence-corrected chi connectivity index (χ3v) is 6.66. The maximum atomic E-state index is 14.9. The van der Waals surface area contributed by atoms with Crippen LogP contribution in [0.2, 0.25) is 0 Å². The molecule has 0 aliphatic carbocycles. The number of amides is 1. The summed E-state index contributed by atoms with van der Waals surface area (Å²) in [4.78, 5) is 14.7. The number of benzene rings is 2. The number of phenolic OH excluding ortho intramolecular Hbond substituents is 1. The van der Waals surface area contributed by atoms with E-state index in [2.05, 4.69) is 75.0 Å². The monoisotopic (exact) mass is 553 g/mol. The van der Waals surface area contributed by atoms with Crippen molar-refractivity contribution in [3.63, 3.8) is 0 Å². The predicted molar refractivity (Wildman–Crippen MR) is 130 cm³/mol. The van der Waals surface area contributed by atoms with Crippen LogP contribution in [0.25, 0.3) is 0 Å². The van der Waals surface area contributed by atoms with Crippen LogP contribution < -0.4 is 10.3 Å². The molecule has 0 saturated carbocycles. The Morgan fingerprint density at radius 3 is 2.74 bits per heavy atom. The van der Waals surface area contributed by atoms with Crippen LogP contribution in [0.3, 0.4) is 0 Å². The second kappa shape index (κ2) is 9.28. The van der Waals surface area contributed by atoms with Crippen LogP contribution in [0.5, 0.6) is 5.75 Å². The summed E-state index contributed by atoms with van der Waals surface area (Å²) in [5.41, 5.74) is 4.67. The van der Waals surface area contributed by atoms with Crippen LogP contribution >= 0.6 is 31.9 Å². The van der Waals surface area contributed by atoms with Gasteiger partial charge < -0.3 is 10.0 Å². The van der Waals surface area contributed by atoms with Gasteiger partial charge in [-0.15, -0.1) is 0 Å². The summed E-state index contributed by atoms with van der Waals surface area (Å²) in [6.45, 7) is 9.52. The maximum absolute atomic E-state index is 14.9. The number of hydrogen-bond acceptors (Lipinski definition) is 4. The number of hydrazone groups is 1. The number of hydrogen-bond donors (Lipinski definition) is 2. The molecular weight excluding hydrogens is 529 g/mol. The lowest BCUT2D eigenvalue weighted by molar-refractivity contribution is 0.0952. The fourth-order valence-corrected chi connectivity index (χ4v) is 5.45. The molecule has 2 aromatic carbocycles. The average Bonchev–Trinajstić information content (AvgIpc) is 2.68. The number of carbonyl (C=O) groups is 1. The lowest BCUT2D eigenvalue weighted by Crippen LogP contribution is -2.48. The number of nitrogens with one attached hydrogen (secondary N) is 1. The molecule has 3 rings (SSSR count). The van der Waals surface area contributed by atoms with Crippen molar-refractivity contribution in [1.29, 1.82) is 0 Å². The Morgan fingerprint density at radius 2 is 2.06 bits per heavy atom. The fraction of sp³-hybridized carbons (Fsp3) is 0.391. The van der Waals surface area contributed by atoms with Gasteiger partial charge in [0.1, 0.15) is 11.6 Å². The van der Waals surface area contributed by atoms with Gasteiger partial charge >= 0.3 is 0 Å². The summed E-state index contributed by atoms with van der Waals surface area (Å²) in [6.07, 6.45) is 3.25. The van der Waals surface area contributed by atoms with E-state index in [9.17, 15) is 14.3 Å². The molecule has 166 valence electrons. The van der Waals surface area contributed by atoms with E-state index in [1.54, 1.807) is 12.1 Å². The molecule has 5 nitrogen and oxygen atoms in total. The summed E-state index contributed by atoms with van der Waals surface area (Å²) in [5, 5.41) is 14.0. The van der Waals surface area contributed by atoms with Crippen molar-refractivity contribution in [2.75, 3.05) is 11.4 Å². The summed E-state index contributed by atoms with van der Waals surface area (Å²) in [6, 6.07) is 6.50. The van der Waals surface area contributed by atoms with Crippen LogP contribution in [-0.4, -0.2) is 29.3 Å². The molecule has 0 saturated heterocycles. The molecule has 0 bridgehead atoms. The molecule has 0 fully saturated rings. The lowest BCUT2D eigenvalue weighted by Gasteiger charge is -2.47. The number of carbonyl (C=O) groups excluding carboxylic acids is 1. The molecule has 0 aromatic heterocycles. The lowest BCUT2D eigenvalue weighted by atomic mass is 9.79. The molecular formula is C23H26Br2FN3O2. The quantitative estimate of drug-likeness (QED) is 0.335. The number of halogens is 3. The van der Waals surface area contributed by atoms with Gasteiger partial charge in [0.2, 0.25) is 0 Å². The summed E-state index contributed by atoms with van der Waals surface area (Å²) >= 11 is 6.47. The van der Waals surface area contributed by atoms with Crippen molar-refractivity contribution in [2.24, 2.45) is 5.10 Å². The zero-order valence-corrected chi connectivity index (χ0v) is 21.1. The number of rotatable bonds is 5. The highest BCUT2D eigenvalue weighted by molar-refractivity contribution is 9.11. The molecule has 1 unspecified atom stereocenters.